The lowest BCUT2D eigenvalue weighted by Gasteiger charge is -2.08. The molecule has 1 heterocycles. The highest BCUT2D eigenvalue weighted by Gasteiger charge is 1.99. The van der Waals surface area contributed by atoms with E-state index in [-0.39, 0.29) is 0 Å². The molecule has 0 atom stereocenters. The fraction of sp³-hybridized carbons (Fsp3) is 0.312. The Morgan fingerprint density at radius 2 is 2.24 bits per heavy atom. The van der Waals surface area contributed by atoms with Gasteiger partial charge in [-0.3, -0.25) is 0 Å². The van der Waals surface area contributed by atoms with Crippen LogP contribution in [-0.2, 0) is 22.6 Å². The largest absolute Gasteiger partial charge is 0.382 e. The maximum Gasteiger partial charge on any atom is 0.0718 e. The highest BCUT2D eigenvalue weighted by atomic mass is 16.5. The van der Waals surface area contributed by atoms with Gasteiger partial charge in [0, 0.05) is 37.3 Å². The van der Waals surface area contributed by atoms with Crippen LogP contribution in [0.4, 0.5) is 5.69 Å². The van der Waals surface area contributed by atoms with Gasteiger partial charge < -0.3 is 14.8 Å². The summed E-state index contributed by atoms with van der Waals surface area (Å²) in [6, 6.07) is 8.19. The first-order valence-electron chi connectivity index (χ1n) is 6.87. The van der Waals surface area contributed by atoms with Crippen molar-refractivity contribution in [2.45, 2.75) is 13.2 Å². The maximum atomic E-state index is 5.52. The number of nitrogens with one attached hydrogen (secondary N) is 1. The van der Waals surface area contributed by atoms with Crippen LogP contribution in [-0.4, -0.2) is 30.1 Å². The van der Waals surface area contributed by atoms with E-state index < -0.39 is 0 Å². The summed E-state index contributed by atoms with van der Waals surface area (Å²) in [5, 5.41) is 7.52. The molecule has 0 aliphatic rings. The van der Waals surface area contributed by atoms with Gasteiger partial charge in [-0.05, 0) is 17.7 Å². The molecular weight excluding hydrogens is 266 g/mol. The first-order valence-corrected chi connectivity index (χ1v) is 6.87. The Balaban J connectivity index is 1.84. The molecule has 0 amide bonds. The summed E-state index contributed by atoms with van der Waals surface area (Å²) < 4.78 is 12.2. The number of anilines is 1. The summed E-state index contributed by atoms with van der Waals surface area (Å²) in [6.45, 7) is 6.21. The molecule has 1 N–H and O–H groups in total. The van der Waals surface area contributed by atoms with E-state index in [9.17, 15) is 0 Å². The van der Waals surface area contributed by atoms with Crippen molar-refractivity contribution < 1.29 is 9.47 Å². The van der Waals surface area contributed by atoms with Gasteiger partial charge in [-0.15, -0.1) is 0 Å². The Kier molecular flexibility index (Phi) is 5.99. The van der Waals surface area contributed by atoms with Crippen LogP contribution < -0.4 is 5.32 Å². The second-order valence-corrected chi connectivity index (χ2v) is 4.61. The average molecular weight is 287 g/mol. The van der Waals surface area contributed by atoms with Crippen molar-refractivity contribution >= 4 is 11.9 Å². The molecule has 1 aromatic heterocycles. The summed E-state index contributed by atoms with van der Waals surface area (Å²) in [5.41, 5.74) is 3.31. The van der Waals surface area contributed by atoms with Gasteiger partial charge in [-0.1, -0.05) is 18.7 Å². The van der Waals surface area contributed by atoms with Crippen LogP contribution in [0.1, 0.15) is 11.1 Å². The zero-order chi connectivity index (χ0) is 14.9. The minimum atomic E-state index is 0.591. The van der Waals surface area contributed by atoms with Crippen LogP contribution in [0.3, 0.4) is 0 Å². The minimum absolute atomic E-state index is 0.591. The molecule has 1 aromatic carbocycles. The van der Waals surface area contributed by atoms with Gasteiger partial charge in [0.25, 0.3) is 0 Å². The summed E-state index contributed by atoms with van der Waals surface area (Å²) >= 11 is 0. The molecule has 5 nitrogen and oxygen atoms in total. The number of ether oxygens (including phenoxy) is 2. The van der Waals surface area contributed by atoms with Crippen LogP contribution in [0.15, 0.2) is 43.2 Å². The molecule has 0 aliphatic heterocycles. The van der Waals surface area contributed by atoms with Gasteiger partial charge in [-0.2, -0.15) is 5.10 Å². The second-order valence-electron chi connectivity index (χ2n) is 4.61. The Bertz CT molecular complexity index is 566. The number of benzene rings is 1. The molecule has 0 aliphatic carbocycles. The first kappa shape index (κ1) is 15.3. The van der Waals surface area contributed by atoms with Gasteiger partial charge >= 0.3 is 0 Å². The predicted octanol–water partition coefficient (Wildman–Crippen LogP) is 2.76. The van der Waals surface area contributed by atoms with E-state index in [1.807, 2.05) is 30.6 Å². The van der Waals surface area contributed by atoms with Crippen molar-refractivity contribution in [2.75, 3.05) is 25.6 Å². The number of nitrogens with zero attached hydrogens (tertiary/aromatic N) is 2. The summed E-state index contributed by atoms with van der Waals surface area (Å²) in [5.74, 6) is 0. The van der Waals surface area contributed by atoms with Crippen molar-refractivity contribution in [1.82, 2.24) is 9.78 Å². The van der Waals surface area contributed by atoms with Gasteiger partial charge in [0.15, 0.2) is 0 Å². The quantitative estimate of drug-likeness (QED) is 0.720. The first-order chi connectivity index (χ1) is 10.3. The van der Waals surface area contributed by atoms with E-state index in [1.165, 1.54) is 0 Å². The molecule has 0 saturated carbocycles. The SMILES string of the molecule is C=Cn1cc(CNc2cccc(COCCOC)c2)cn1. The third-order valence-electron chi connectivity index (χ3n) is 2.97. The van der Waals surface area contributed by atoms with Crippen molar-refractivity contribution in [3.8, 4) is 0 Å². The summed E-state index contributed by atoms with van der Waals surface area (Å²) in [4.78, 5) is 0. The van der Waals surface area contributed by atoms with Crippen molar-refractivity contribution in [2.24, 2.45) is 0 Å². The average Bonchev–Trinajstić information content (AvgIpc) is 2.98. The zero-order valence-electron chi connectivity index (χ0n) is 12.3. The van der Waals surface area contributed by atoms with Crippen molar-refractivity contribution in [1.29, 1.82) is 0 Å². The highest BCUT2D eigenvalue weighted by molar-refractivity contribution is 5.46. The molecule has 0 saturated heterocycles. The fourth-order valence-corrected chi connectivity index (χ4v) is 1.88. The monoisotopic (exact) mass is 287 g/mol. The second kappa shape index (κ2) is 8.24. The maximum absolute atomic E-state index is 5.52. The Labute approximate surface area is 125 Å². The molecule has 112 valence electrons. The number of methoxy groups -OCH3 is 1. The van der Waals surface area contributed by atoms with Gasteiger partial charge in [0.05, 0.1) is 26.0 Å². The lowest BCUT2D eigenvalue weighted by molar-refractivity contribution is 0.0617. The summed E-state index contributed by atoms with van der Waals surface area (Å²) in [7, 11) is 1.67. The van der Waals surface area contributed by atoms with Crippen LogP contribution in [0.2, 0.25) is 0 Å². The number of aromatic nitrogens is 2. The Hall–Kier alpha value is -2.11. The molecule has 0 unspecified atom stereocenters. The molecule has 2 aromatic rings. The number of hydrogen-bond acceptors (Lipinski definition) is 4. The van der Waals surface area contributed by atoms with E-state index >= 15 is 0 Å². The molecule has 0 bridgehead atoms. The van der Waals surface area contributed by atoms with E-state index in [2.05, 4.69) is 23.1 Å². The molecule has 21 heavy (non-hydrogen) atoms. The summed E-state index contributed by atoms with van der Waals surface area (Å²) in [6.07, 6.45) is 5.44. The topological polar surface area (TPSA) is 48.3 Å². The van der Waals surface area contributed by atoms with Crippen LogP contribution in [0, 0.1) is 0 Å². The highest BCUT2D eigenvalue weighted by Crippen LogP contribution is 2.13. The van der Waals surface area contributed by atoms with Crippen molar-refractivity contribution in [3.05, 3.63) is 54.4 Å². The molecular formula is C16H21N3O2. The Morgan fingerprint density at radius 3 is 3.00 bits per heavy atom. The standard InChI is InChI=1S/C16H21N3O2/c1-3-19-12-15(11-18-19)10-17-16-6-4-5-14(9-16)13-21-8-7-20-2/h3-6,9,11-12,17H,1,7-8,10,13H2,2H3. The molecule has 2 rings (SSSR count). The van der Waals surface area contributed by atoms with Crippen LogP contribution >= 0.6 is 0 Å². The molecule has 5 heteroatoms. The predicted molar refractivity (Wildman–Crippen MR) is 83.9 cm³/mol. The molecule has 0 fully saturated rings. The third-order valence-corrected chi connectivity index (χ3v) is 2.97. The van der Waals surface area contributed by atoms with Crippen LogP contribution in [0.25, 0.3) is 6.20 Å². The molecule has 0 spiro atoms. The lowest BCUT2D eigenvalue weighted by Crippen LogP contribution is -2.03. The zero-order valence-corrected chi connectivity index (χ0v) is 12.3. The number of hydrogen-bond donors (Lipinski definition) is 1. The van der Waals surface area contributed by atoms with Crippen molar-refractivity contribution in [3.63, 3.8) is 0 Å². The lowest BCUT2D eigenvalue weighted by atomic mass is 10.2. The molecule has 0 radical (unpaired) electrons. The van der Waals surface area contributed by atoms with E-state index in [4.69, 9.17) is 9.47 Å². The van der Waals surface area contributed by atoms with Crippen LogP contribution in [0.5, 0.6) is 0 Å². The van der Waals surface area contributed by atoms with Gasteiger partial charge in [-0.25, -0.2) is 4.68 Å². The fourth-order valence-electron chi connectivity index (χ4n) is 1.88. The normalized spacial score (nSPS) is 10.5. The van der Waals surface area contributed by atoms with E-state index in [1.54, 1.807) is 18.0 Å². The minimum Gasteiger partial charge on any atom is -0.382 e. The third kappa shape index (κ3) is 5.06. The van der Waals surface area contributed by atoms with E-state index in [0.717, 1.165) is 23.4 Å². The van der Waals surface area contributed by atoms with E-state index in [0.29, 0.717) is 19.8 Å². The number of rotatable bonds is 9. The smallest absolute Gasteiger partial charge is 0.0718 e. The Morgan fingerprint density at radius 1 is 1.33 bits per heavy atom. The van der Waals surface area contributed by atoms with Gasteiger partial charge in [0.1, 0.15) is 0 Å². The van der Waals surface area contributed by atoms with Gasteiger partial charge in [0.2, 0.25) is 0 Å².